The molecular weight excluding hydrogens is 925 g/mol. The molecule has 0 saturated carbocycles. The second-order valence-corrected chi connectivity index (χ2v) is 20.9. The highest BCUT2D eigenvalue weighted by atomic mass is 16.6. The smallest absolute Gasteiger partial charge is 0.306 e. The molecule has 0 rings (SSSR count). The fraction of sp³-hybridized carbons (Fsp3) is 0.725. The fourth-order valence-electron chi connectivity index (χ4n) is 8.83. The molecule has 0 aromatic carbocycles. The molecule has 0 aliphatic rings. The van der Waals surface area contributed by atoms with Crippen LogP contribution in [0.5, 0.6) is 0 Å². The molecular formula is C69H118O6. The van der Waals surface area contributed by atoms with Crippen LogP contribution in [-0.2, 0) is 28.6 Å². The van der Waals surface area contributed by atoms with E-state index in [2.05, 4.69) is 118 Å². The zero-order valence-electron chi connectivity index (χ0n) is 49.3. The highest BCUT2D eigenvalue weighted by Gasteiger charge is 2.19. The summed E-state index contributed by atoms with van der Waals surface area (Å²) in [5.41, 5.74) is 0. The lowest BCUT2D eigenvalue weighted by Gasteiger charge is -2.18. The maximum atomic E-state index is 12.9. The van der Waals surface area contributed by atoms with Crippen LogP contribution in [0.3, 0.4) is 0 Å². The van der Waals surface area contributed by atoms with Crippen molar-refractivity contribution in [1.29, 1.82) is 0 Å². The molecule has 1 atom stereocenters. The van der Waals surface area contributed by atoms with E-state index in [0.29, 0.717) is 19.3 Å². The maximum absolute atomic E-state index is 12.9. The van der Waals surface area contributed by atoms with Gasteiger partial charge >= 0.3 is 17.9 Å². The van der Waals surface area contributed by atoms with E-state index in [1.165, 1.54) is 135 Å². The lowest BCUT2D eigenvalue weighted by molar-refractivity contribution is -0.167. The van der Waals surface area contributed by atoms with E-state index in [1.807, 2.05) is 0 Å². The normalized spacial score (nSPS) is 12.7. The van der Waals surface area contributed by atoms with Gasteiger partial charge < -0.3 is 14.2 Å². The van der Waals surface area contributed by atoms with Crippen LogP contribution in [0.15, 0.2) is 97.2 Å². The van der Waals surface area contributed by atoms with Gasteiger partial charge in [-0.1, -0.05) is 279 Å². The third kappa shape index (κ3) is 61.1. The average molecular weight is 1040 g/mol. The van der Waals surface area contributed by atoms with Gasteiger partial charge in [0.15, 0.2) is 6.10 Å². The van der Waals surface area contributed by atoms with E-state index in [4.69, 9.17) is 14.2 Å². The van der Waals surface area contributed by atoms with Crippen molar-refractivity contribution in [2.45, 2.75) is 309 Å². The van der Waals surface area contributed by atoms with Crippen molar-refractivity contribution >= 4 is 17.9 Å². The van der Waals surface area contributed by atoms with E-state index in [0.717, 1.165) is 128 Å². The first-order chi connectivity index (χ1) is 37.0. The van der Waals surface area contributed by atoms with E-state index in [1.54, 1.807) is 0 Å². The second-order valence-electron chi connectivity index (χ2n) is 20.9. The first-order valence-corrected chi connectivity index (χ1v) is 31.7. The highest BCUT2D eigenvalue weighted by molar-refractivity contribution is 5.71. The van der Waals surface area contributed by atoms with Crippen LogP contribution >= 0.6 is 0 Å². The van der Waals surface area contributed by atoms with Gasteiger partial charge in [0.2, 0.25) is 0 Å². The minimum absolute atomic E-state index is 0.0859. The third-order valence-corrected chi connectivity index (χ3v) is 13.6. The summed E-state index contributed by atoms with van der Waals surface area (Å²) in [5.74, 6) is -0.903. The molecule has 0 N–H and O–H groups in total. The van der Waals surface area contributed by atoms with Gasteiger partial charge in [0, 0.05) is 19.3 Å². The van der Waals surface area contributed by atoms with Crippen LogP contribution < -0.4 is 0 Å². The number of hydrogen-bond acceptors (Lipinski definition) is 6. The number of allylic oxidation sites excluding steroid dienone is 16. The van der Waals surface area contributed by atoms with Crippen molar-refractivity contribution in [2.75, 3.05) is 13.2 Å². The number of carbonyl (C=O) groups excluding carboxylic acids is 3. The molecule has 0 saturated heterocycles. The molecule has 0 radical (unpaired) electrons. The van der Waals surface area contributed by atoms with Crippen LogP contribution in [0.25, 0.3) is 0 Å². The maximum Gasteiger partial charge on any atom is 0.306 e. The van der Waals surface area contributed by atoms with Gasteiger partial charge in [0.1, 0.15) is 13.2 Å². The third-order valence-electron chi connectivity index (χ3n) is 13.6. The SMILES string of the molecule is CC/C=C\C/C=C\C/C=C\C/C=C\C/C=C\C/C=C\C/C=C\CCCCCCCC(=O)OCC(COC(=O)CCCCCCC/C=C\CCCCC)OC(=O)CCCCCCCCCCCCCCCCCCCC. The van der Waals surface area contributed by atoms with Crippen molar-refractivity contribution in [3.63, 3.8) is 0 Å². The number of carbonyl (C=O) groups is 3. The Labute approximate surface area is 464 Å². The number of unbranched alkanes of at least 4 members (excludes halogenated alkanes) is 30. The van der Waals surface area contributed by atoms with Crippen molar-refractivity contribution in [3.05, 3.63) is 97.2 Å². The van der Waals surface area contributed by atoms with Crippen LogP contribution in [0.4, 0.5) is 0 Å². The Bertz CT molecular complexity index is 1480. The lowest BCUT2D eigenvalue weighted by Crippen LogP contribution is -2.30. The van der Waals surface area contributed by atoms with Gasteiger partial charge in [0.05, 0.1) is 0 Å². The summed E-state index contributed by atoms with van der Waals surface area (Å²) in [6, 6.07) is 0. The molecule has 6 heteroatoms. The molecule has 0 aliphatic heterocycles. The molecule has 75 heavy (non-hydrogen) atoms. The molecule has 430 valence electrons. The standard InChI is InChI=1S/C69H118O6/c1-4-7-10-13-16-19-22-25-27-29-31-32-33-34-35-36-37-38-39-41-42-44-47-50-53-56-59-62-68(71)74-65-66(64-73-67(70)61-58-55-52-49-46-24-21-18-15-12-9-6-3)75-69(72)63-60-57-54-51-48-45-43-40-30-28-26-23-20-17-14-11-8-5-2/h7,10,16,18-19,21,25,27,31-32,34-35,37-38,41-42,66H,4-6,8-9,11-15,17,20,22-24,26,28-30,33,36,39-40,43-65H2,1-3H3/b10-7-,19-16-,21-18-,27-25-,32-31-,35-34-,38-37-,42-41-. The molecule has 6 nitrogen and oxygen atoms in total. The molecule has 0 aromatic rings. The molecule has 0 aromatic heterocycles. The van der Waals surface area contributed by atoms with E-state index < -0.39 is 6.10 Å². The number of rotatable bonds is 57. The Kier molecular flexibility index (Phi) is 59.8. The molecule has 1 unspecified atom stereocenters. The van der Waals surface area contributed by atoms with Crippen LogP contribution in [-0.4, -0.2) is 37.2 Å². The van der Waals surface area contributed by atoms with Crippen molar-refractivity contribution in [2.24, 2.45) is 0 Å². The fourth-order valence-corrected chi connectivity index (χ4v) is 8.83. The van der Waals surface area contributed by atoms with Gasteiger partial charge in [-0.25, -0.2) is 0 Å². The van der Waals surface area contributed by atoms with Crippen LogP contribution in [0.1, 0.15) is 303 Å². The summed E-state index contributed by atoms with van der Waals surface area (Å²) in [5, 5.41) is 0. The summed E-state index contributed by atoms with van der Waals surface area (Å²) in [6.45, 7) is 6.51. The number of esters is 3. The largest absolute Gasteiger partial charge is 0.462 e. The summed E-state index contributed by atoms with van der Waals surface area (Å²) >= 11 is 0. The summed E-state index contributed by atoms with van der Waals surface area (Å²) in [6.07, 6.45) is 84.1. The zero-order chi connectivity index (χ0) is 54.3. The number of hydrogen-bond donors (Lipinski definition) is 0. The van der Waals surface area contributed by atoms with Crippen molar-refractivity contribution < 1.29 is 28.6 Å². The lowest BCUT2D eigenvalue weighted by atomic mass is 10.0. The second kappa shape index (κ2) is 62.9. The van der Waals surface area contributed by atoms with Gasteiger partial charge in [0.25, 0.3) is 0 Å². The minimum Gasteiger partial charge on any atom is -0.462 e. The molecule has 0 fully saturated rings. The predicted molar refractivity (Wildman–Crippen MR) is 325 cm³/mol. The highest BCUT2D eigenvalue weighted by Crippen LogP contribution is 2.16. The van der Waals surface area contributed by atoms with Gasteiger partial charge in [-0.3, -0.25) is 14.4 Å². The quantitative estimate of drug-likeness (QED) is 0.0261. The first-order valence-electron chi connectivity index (χ1n) is 31.7. The first kappa shape index (κ1) is 71.3. The van der Waals surface area contributed by atoms with Crippen LogP contribution in [0.2, 0.25) is 0 Å². The van der Waals surface area contributed by atoms with Crippen molar-refractivity contribution in [1.82, 2.24) is 0 Å². The molecule has 0 spiro atoms. The molecule has 0 aliphatic carbocycles. The number of ether oxygens (including phenoxy) is 3. The van der Waals surface area contributed by atoms with Crippen molar-refractivity contribution in [3.8, 4) is 0 Å². The van der Waals surface area contributed by atoms with E-state index >= 15 is 0 Å². The Morgan fingerprint density at radius 2 is 0.520 bits per heavy atom. The molecule has 0 bridgehead atoms. The Hall–Kier alpha value is -3.67. The van der Waals surface area contributed by atoms with Gasteiger partial charge in [-0.05, 0) is 103 Å². The zero-order valence-corrected chi connectivity index (χ0v) is 49.3. The molecule has 0 amide bonds. The minimum atomic E-state index is -0.789. The van der Waals surface area contributed by atoms with Gasteiger partial charge in [-0.2, -0.15) is 0 Å². The summed E-state index contributed by atoms with van der Waals surface area (Å²) in [4.78, 5) is 38.3. The van der Waals surface area contributed by atoms with Gasteiger partial charge in [-0.15, -0.1) is 0 Å². The predicted octanol–water partition coefficient (Wildman–Crippen LogP) is 21.7. The average Bonchev–Trinajstić information content (AvgIpc) is 3.41. The topological polar surface area (TPSA) is 78.9 Å². The van der Waals surface area contributed by atoms with E-state index in [-0.39, 0.29) is 31.1 Å². The summed E-state index contributed by atoms with van der Waals surface area (Å²) in [7, 11) is 0. The summed E-state index contributed by atoms with van der Waals surface area (Å²) < 4.78 is 16.9. The Morgan fingerprint density at radius 3 is 0.853 bits per heavy atom. The van der Waals surface area contributed by atoms with Crippen LogP contribution in [0, 0.1) is 0 Å². The molecule has 0 heterocycles. The Morgan fingerprint density at radius 1 is 0.280 bits per heavy atom. The monoisotopic (exact) mass is 1040 g/mol. The Balaban J connectivity index is 4.34. The van der Waals surface area contributed by atoms with E-state index in [9.17, 15) is 14.4 Å².